The van der Waals surface area contributed by atoms with E-state index in [0.717, 1.165) is 77.8 Å². The van der Waals surface area contributed by atoms with Gasteiger partial charge in [-0.25, -0.2) is 0 Å². The van der Waals surface area contributed by atoms with Gasteiger partial charge in [0.15, 0.2) is 5.96 Å². The Hall–Kier alpha value is -0.120. The van der Waals surface area contributed by atoms with Gasteiger partial charge >= 0.3 is 0 Å². The van der Waals surface area contributed by atoms with Crippen molar-refractivity contribution in [2.45, 2.75) is 77.4 Å². The lowest BCUT2D eigenvalue weighted by Gasteiger charge is -2.54. The monoisotopic (exact) mass is 523 g/mol. The smallest absolute Gasteiger partial charge is 0.191 e. The van der Waals surface area contributed by atoms with E-state index in [2.05, 4.69) is 24.5 Å². The molecule has 3 fully saturated rings. The third kappa shape index (κ3) is 6.94. The zero-order valence-corrected chi connectivity index (χ0v) is 20.7. The lowest BCUT2D eigenvalue weighted by Crippen LogP contribution is -2.65. The predicted octanol–water partition coefficient (Wildman–Crippen LogP) is 3.73. The third-order valence-corrected chi connectivity index (χ3v) is 6.75. The molecular weight excluding hydrogens is 481 g/mol. The van der Waals surface area contributed by atoms with Gasteiger partial charge in [0.05, 0.1) is 6.10 Å². The quantitative estimate of drug-likeness (QED) is 0.198. The maximum Gasteiger partial charge on any atom is 0.191 e. The second-order valence-corrected chi connectivity index (χ2v) is 8.56. The van der Waals surface area contributed by atoms with Crippen molar-refractivity contribution in [2.75, 3.05) is 46.1 Å². The van der Waals surface area contributed by atoms with E-state index in [1.807, 2.05) is 0 Å². The van der Waals surface area contributed by atoms with E-state index < -0.39 is 0 Å². The molecule has 0 aromatic heterocycles. The Morgan fingerprint density at radius 3 is 2.62 bits per heavy atom. The van der Waals surface area contributed by atoms with Crippen molar-refractivity contribution >= 4 is 29.9 Å². The molecule has 0 amide bonds. The highest BCUT2D eigenvalue weighted by Gasteiger charge is 2.56. The molecule has 3 aliphatic rings. The molecule has 1 saturated heterocycles. The number of aliphatic imine (C=N–C) groups is 1. The fourth-order valence-corrected chi connectivity index (χ4v) is 5.09. The number of hydrogen-bond donors (Lipinski definition) is 2. The number of nitrogens with one attached hydrogen (secondary N) is 2. The molecule has 0 radical (unpaired) electrons. The second-order valence-electron chi connectivity index (χ2n) is 8.56. The minimum absolute atomic E-state index is 0. The summed E-state index contributed by atoms with van der Waals surface area (Å²) in [7, 11) is 0. The maximum absolute atomic E-state index is 6.04. The molecule has 2 N–H and O–H groups in total. The zero-order valence-electron chi connectivity index (χ0n) is 18.4. The van der Waals surface area contributed by atoms with Gasteiger partial charge in [-0.05, 0) is 58.3 Å². The maximum atomic E-state index is 6.04. The van der Waals surface area contributed by atoms with Gasteiger partial charge in [-0.3, -0.25) is 4.99 Å². The van der Waals surface area contributed by atoms with Crippen molar-refractivity contribution in [2.24, 2.45) is 16.3 Å². The van der Waals surface area contributed by atoms with Crippen LogP contribution in [0.25, 0.3) is 0 Å². The van der Waals surface area contributed by atoms with Gasteiger partial charge in [0.25, 0.3) is 0 Å². The first-order valence-corrected chi connectivity index (χ1v) is 11.6. The molecule has 3 rings (SSSR count). The molecule has 170 valence electrons. The van der Waals surface area contributed by atoms with E-state index in [-0.39, 0.29) is 24.0 Å². The number of ether oxygens (including phenoxy) is 3. The Labute approximate surface area is 194 Å². The molecule has 29 heavy (non-hydrogen) atoms. The number of hydrogen-bond acceptors (Lipinski definition) is 4. The van der Waals surface area contributed by atoms with Crippen LogP contribution >= 0.6 is 24.0 Å². The van der Waals surface area contributed by atoms with E-state index in [9.17, 15) is 0 Å². The molecule has 2 saturated carbocycles. The topological polar surface area (TPSA) is 64.1 Å². The molecule has 2 atom stereocenters. The van der Waals surface area contributed by atoms with Crippen LogP contribution < -0.4 is 10.6 Å². The summed E-state index contributed by atoms with van der Waals surface area (Å²) in [6.07, 6.45) is 10.0. The zero-order chi connectivity index (χ0) is 19.7. The largest absolute Gasteiger partial charge is 0.381 e. The highest BCUT2D eigenvalue weighted by molar-refractivity contribution is 14.0. The number of rotatable bonds is 10. The van der Waals surface area contributed by atoms with Crippen molar-refractivity contribution in [1.82, 2.24) is 10.6 Å². The van der Waals surface area contributed by atoms with E-state index in [1.165, 1.54) is 25.7 Å². The van der Waals surface area contributed by atoms with Crippen LogP contribution in [0.3, 0.4) is 0 Å². The number of nitrogens with zero attached hydrogens (tertiary/aromatic N) is 1. The lowest BCUT2D eigenvalue weighted by atomic mass is 9.60. The van der Waals surface area contributed by atoms with Crippen LogP contribution in [-0.4, -0.2) is 64.2 Å². The van der Waals surface area contributed by atoms with Crippen LogP contribution in [-0.2, 0) is 14.2 Å². The molecule has 1 spiro atoms. The minimum atomic E-state index is 0. The van der Waals surface area contributed by atoms with Gasteiger partial charge in [-0.2, -0.15) is 0 Å². The van der Waals surface area contributed by atoms with Gasteiger partial charge in [0.2, 0.25) is 0 Å². The van der Waals surface area contributed by atoms with Crippen molar-refractivity contribution in [3.8, 4) is 0 Å². The molecule has 0 aromatic carbocycles. The van der Waals surface area contributed by atoms with Gasteiger partial charge in [0, 0.05) is 57.6 Å². The van der Waals surface area contributed by atoms with E-state index >= 15 is 0 Å². The average Bonchev–Trinajstić information content (AvgIpc) is 3.24. The van der Waals surface area contributed by atoms with Crippen LogP contribution in [0, 0.1) is 11.3 Å². The Morgan fingerprint density at radius 2 is 1.93 bits per heavy atom. The first kappa shape index (κ1) is 25.1. The standard InChI is InChI=1S/C22H41N3O3.HI/c1-3-23-21(24-12-7-13-27-17-18-8-14-26-15-9-18)25-19-16-20(28-4-2)22(19)10-5-6-11-22;/h18-20H,3-17H2,1-2H3,(H2,23,24,25);1H. The van der Waals surface area contributed by atoms with E-state index in [1.54, 1.807) is 0 Å². The van der Waals surface area contributed by atoms with Gasteiger partial charge in [-0.15, -0.1) is 24.0 Å². The molecule has 2 aliphatic carbocycles. The van der Waals surface area contributed by atoms with Crippen LogP contribution in [0.1, 0.15) is 65.2 Å². The van der Waals surface area contributed by atoms with Gasteiger partial charge in [0.1, 0.15) is 0 Å². The summed E-state index contributed by atoms with van der Waals surface area (Å²) in [5.74, 6) is 1.63. The van der Waals surface area contributed by atoms with Crippen molar-refractivity contribution in [3.63, 3.8) is 0 Å². The highest BCUT2D eigenvalue weighted by atomic mass is 127. The average molecular weight is 524 g/mol. The molecule has 1 heterocycles. The van der Waals surface area contributed by atoms with Gasteiger partial charge in [-0.1, -0.05) is 12.8 Å². The second kappa shape index (κ2) is 13.3. The van der Waals surface area contributed by atoms with Gasteiger partial charge < -0.3 is 24.8 Å². The number of guanidine groups is 1. The molecule has 1 aliphatic heterocycles. The fourth-order valence-electron chi connectivity index (χ4n) is 5.09. The normalized spacial score (nSPS) is 26.8. The molecule has 6 nitrogen and oxygen atoms in total. The summed E-state index contributed by atoms with van der Waals surface area (Å²) in [5.41, 5.74) is 0.332. The Kier molecular flexibility index (Phi) is 11.6. The van der Waals surface area contributed by atoms with Crippen LogP contribution in [0.5, 0.6) is 0 Å². The molecule has 0 bridgehead atoms. The highest BCUT2D eigenvalue weighted by Crippen LogP contribution is 2.54. The summed E-state index contributed by atoms with van der Waals surface area (Å²) in [5, 5.41) is 7.14. The SMILES string of the molecule is CCNC(=NCCCOCC1CCOCC1)NC1CC(OCC)C12CCCC2.I. The van der Waals surface area contributed by atoms with E-state index in [0.29, 0.717) is 23.5 Å². The summed E-state index contributed by atoms with van der Waals surface area (Å²) >= 11 is 0. The molecular formula is C22H42IN3O3. The summed E-state index contributed by atoms with van der Waals surface area (Å²) in [4.78, 5) is 4.80. The molecule has 0 aromatic rings. The van der Waals surface area contributed by atoms with Crippen molar-refractivity contribution < 1.29 is 14.2 Å². The lowest BCUT2D eigenvalue weighted by molar-refractivity contribution is -0.125. The molecule has 2 unspecified atom stereocenters. The Bertz CT molecular complexity index is 480. The summed E-state index contributed by atoms with van der Waals surface area (Å²) < 4.78 is 17.3. The summed E-state index contributed by atoms with van der Waals surface area (Å²) in [6.45, 7) is 10.2. The fraction of sp³-hybridized carbons (Fsp3) is 0.955. The molecule has 7 heteroatoms. The first-order valence-electron chi connectivity index (χ1n) is 11.6. The predicted molar refractivity (Wildman–Crippen MR) is 128 cm³/mol. The van der Waals surface area contributed by atoms with Crippen LogP contribution in [0.15, 0.2) is 4.99 Å². The van der Waals surface area contributed by atoms with Crippen LogP contribution in [0.2, 0.25) is 0 Å². The minimum Gasteiger partial charge on any atom is -0.381 e. The first-order chi connectivity index (χ1) is 13.8. The van der Waals surface area contributed by atoms with Crippen molar-refractivity contribution in [3.05, 3.63) is 0 Å². The van der Waals surface area contributed by atoms with Crippen molar-refractivity contribution in [1.29, 1.82) is 0 Å². The van der Waals surface area contributed by atoms with E-state index in [4.69, 9.17) is 19.2 Å². The Morgan fingerprint density at radius 1 is 1.17 bits per heavy atom. The van der Waals surface area contributed by atoms with Crippen LogP contribution in [0.4, 0.5) is 0 Å². The number of halogens is 1. The third-order valence-electron chi connectivity index (χ3n) is 6.75. The summed E-state index contributed by atoms with van der Waals surface area (Å²) in [6, 6.07) is 0.495. The Balaban J connectivity index is 0.00000300.